The fourth-order valence-electron chi connectivity index (χ4n) is 10.4. The molecule has 0 N–H and O–H groups in total. The molecule has 0 unspecified atom stereocenters. The van der Waals surface area contributed by atoms with Gasteiger partial charge in [-0.2, -0.15) is 37.2 Å². The van der Waals surface area contributed by atoms with Crippen LogP contribution in [-0.2, 0) is 27.7 Å². The molecule has 2 fully saturated rings. The Labute approximate surface area is 558 Å². The van der Waals surface area contributed by atoms with Crippen molar-refractivity contribution < 1.29 is 27.8 Å². The molecule has 0 radical (unpaired) electrons. The van der Waals surface area contributed by atoms with Crippen LogP contribution in [0.3, 0.4) is 0 Å². The van der Waals surface area contributed by atoms with Crippen LogP contribution >= 0.6 is 72.8 Å². The van der Waals surface area contributed by atoms with E-state index in [-0.39, 0.29) is 84.6 Å². The predicted octanol–water partition coefficient (Wildman–Crippen LogP) is 13.2. The molecule has 478 valence electrons. The van der Waals surface area contributed by atoms with Crippen molar-refractivity contribution in [2.75, 3.05) is 42.7 Å². The SMILES string of the molecule is C=C(C)OCC.CC(=O)c1cn(COCC[Si](C)(C)C)c2ncnc(N3CC[C@H]3c3nn4ccc(Cl)c4c(=O)n3-c3ccc(F)cc3)c12.C[Si](C)(C)CCOCn1cc(I)c2c(N3CC[C@H]3c3nn4ccc(Cl)c4c(=O)n3-c3ccc(F)cc3)ncnc21.S.S. The van der Waals surface area contributed by atoms with E-state index in [1.54, 1.807) is 49.2 Å². The van der Waals surface area contributed by atoms with Gasteiger partial charge in [-0.05, 0) is 129 Å². The summed E-state index contributed by atoms with van der Waals surface area (Å²) in [7, 11) is -2.44. The molecule has 0 aliphatic carbocycles. The Balaban J connectivity index is 0.000000209. The van der Waals surface area contributed by atoms with Gasteiger partial charge in [0, 0.05) is 76.4 Å². The Morgan fingerprint density at radius 1 is 0.656 bits per heavy atom. The lowest BCUT2D eigenvalue weighted by atomic mass is 10.0. The Hall–Kier alpha value is -6.45. The lowest BCUT2D eigenvalue weighted by Gasteiger charge is -2.42. The fraction of sp³-hybridized carbons (Fsp3) is 0.361. The van der Waals surface area contributed by atoms with Crippen LogP contribution in [0.25, 0.3) is 44.5 Å². The average molecular weight is 1450 g/mol. The summed E-state index contributed by atoms with van der Waals surface area (Å²) in [6, 6.07) is 16.3. The maximum Gasteiger partial charge on any atom is 0.284 e. The summed E-state index contributed by atoms with van der Waals surface area (Å²) in [5, 5.41) is 11.8. The lowest BCUT2D eigenvalue weighted by Crippen LogP contribution is -2.45. The van der Waals surface area contributed by atoms with Crippen LogP contribution < -0.4 is 20.9 Å². The normalized spacial score (nSPS) is 14.7. The van der Waals surface area contributed by atoms with E-state index in [0.717, 1.165) is 64.4 Å². The van der Waals surface area contributed by atoms with E-state index in [9.17, 15) is 23.2 Å². The first kappa shape index (κ1) is 69.4. The number of carbonyl (C=O) groups is 1. The second-order valence-corrected chi connectivity index (χ2v) is 37.2. The smallest absolute Gasteiger partial charge is 0.284 e. The summed E-state index contributed by atoms with van der Waals surface area (Å²) in [5.41, 5.74) is 2.69. The summed E-state index contributed by atoms with van der Waals surface area (Å²) in [5.74, 6) is 2.20. The summed E-state index contributed by atoms with van der Waals surface area (Å²) in [6.07, 6.45) is 11.6. The summed E-state index contributed by atoms with van der Waals surface area (Å²) in [4.78, 5) is 62.9. The van der Waals surface area contributed by atoms with Crippen LogP contribution in [0.1, 0.15) is 67.7 Å². The number of carbonyl (C=O) groups excluding carboxylic acids is 1. The zero-order chi connectivity index (χ0) is 62.9. The number of allylic oxidation sites excluding steroid dienone is 1. The molecule has 10 heterocycles. The highest BCUT2D eigenvalue weighted by atomic mass is 127. The molecule has 10 aromatic rings. The molecular formula is C61H73Cl2F2IN14O6S2Si2. The Morgan fingerprint density at radius 3 is 1.46 bits per heavy atom. The van der Waals surface area contributed by atoms with Crippen molar-refractivity contribution in [3.05, 3.63) is 174 Å². The monoisotopic (exact) mass is 1450 g/mol. The van der Waals surface area contributed by atoms with Gasteiger partial charge < -0.3 is 33.1 Å². The highest BCUT2D eigenvalue weighted by molar-refractivity contribution is 14.1. The van der Waals surface area contributed by atoms with Crippen molar-refractivity contribution in [1.29, 1.82) is 0 Å². The number of hydrogen-bond acceptors (Lipinski definition) is 14. The van der Waals surface area contributed by atoms with Crippen molar-refractivity contribution in [3.8, 4) is 11.4 Å². The number of nitrogens with zero attached hydrogens (tertiary/aromatic N) is 14. The third-order valence-electron chi connectivity index (χ3n) is 15.1. The first-order chi connectivity index (χ1) is 41.9. The largest absolute Gasteiger partial charge is 0.499 e. The van der Waals surface area contributed by atoms with Crippen LogP contribution in [-0.4, -0.2) is 112 Å². The number of fused-ring (bicyclic) bond motifs is 4. The molecule has 20 nitrogen and oxygen atoms in total. The van der Waals surface area contributed by atoms with Gasteiger partial charge in [0.2, 0.25) is 0 Å². The minimum absolute atomic E-state index is 0. The number of benzene rings is 2. The molecule has 0 saturated carbocycles. The van der Waals surface area contributed by atoms with Gasteiger partial charge in [-0.15, -0.1) is 0 Å². The van der Waals surface area contributed by atoms with E-state index in [4.69, 9.17) is 47.6 Å². The van der Waals surface area contributed by atoms with Crippen LogP contribution in [0.4, 0.5) is 20.4 Å². The number of ether oxygens (including phenoxy) is 3. The molecular weight excluding hydrogens is 1380 g/mol. The highest BCUT2D eigenvalue weighted by Crippen LogP contribution is 2.43. The van der Waals surface area contributed by atoms with Gasteiger partial charge >= 0.3 is 0 Å². The molecule has 2 aliphatic rings. The van der Waals surface area contributed by atoms with Gasteiger partial charge in [0.1, 0.15) is 71.7 Å². The quantitative estimate of drug-likeness (QED) is 0.0244. The summed E-state index contributed by atoms with van der Waals surface area (Å²) in [6.45, 7) is 26.8. The molecule has 0 spiro atoms. The number of hydrogen-bond donors (Lipinski definition) is 0. The molecule has 0 bridgehead atoms. The van der Waals surface area contributed by atoms with E-state index in [1.165, 1.54) is 67.8 Å². The topological polar surface area (TPSA) is 191 Å². The molecule has 0 amide bonds. The van der Waals surface area contributed by atoms with Crippen molar-refractivity contribution >= 4 is 139 Å². The van der Waals surface area contributed by atoms with Gasteiger partial charge in [0.15, 0.2) is 17.4 Å². The van der Waals surface area contributed by atoms with Crippen molar-refractivity contribution in [1.82, 2.24) is 57.4 Å². The third-order valence-corrected chi connectivity index (χ3v) is 20.0. The van der Waals surface area contributed by atoms with Gasteiger partial charge in [-0.1, -0.05) is 69.1 Å². The van der Waals surface area contributed by atoms with E-state index >= 15 is 0 Å². The van der Waals surface area contributed by atoms with Gasteiger partial charge in [0.25, 0.3) is 11.1 Å². The maximum absolute atomic E-state index is 13.8. The number of halogens is 5. The molecule has 8 aromatic heterocycles. The molecule has 12 rings (SSSR count). The Kier molecular flexibility index (Phi) is 22.4. The molecule has 2 saturated heterocycles. The predicted molar refractivity (Wildman–Crippen MR) is 374 cm³/mol. The molecule has 2 atom stereocenters. The first-order valence-electron chi connectivity index (χ1n) is 28.9. The van der Waals surface area contributed by atoms with E-state index < -0.39 is 22.0 Å². The van der Waals surface area contributed by atoms with Crippen molar-refractivity contribution in [2.45, 2.75) is 111 Å². The number of aromatic nitrogens is 12. The second-order valence-electron chi connectivity index (χ2n) is 24.0. The van der Waals surface area contributed by atoms with Crippen LogP contribution in [0.15, 0.2) is 120 Å². The highest BCUT2D eigenvalue weighted by Gasteiger charge is 2.39. The number of Topliss-reactive ketones (excluding diaryl/α,β-unsaturated/α-hetero) is 1. The van der Waals surface area contributed by atoms with E-state index in [0.29, 0.717) is 76.8 Å². The lowest BCUT2D eigenvalue weighted by molar-refractivity contribution is 0.0894. The minimum atomic E-state index is -1.25. The van der Waals surface area contributed by atoms with E-state index in [2.05, 4.69) is 93.3 Å². The number of anilines is 2. The Morgan fingerprint density at radius 2 is 1.08 bits per heavy atom. The van der Waals surface area contributed by atoms with E-state index in [1.807, 2.05) is 34.1 Å². The maximum atomic E-state index is 13.8. The van der Waals surface area contributed by atoms with Gasteiger partial charge in [-0.3, -0.25) is 23.5 Å². The Bertz CT molecular complexity index is 4360. The van der Waals surface area contributed by atoms with Crippen molar-refractivity contribution in [3.63, 3.8) is 0 Å². The van der Waals surface area contributed by atoms with Crippen LogP contribution in [0.2, 0.25) is 61.4 Å². The zero-order valence-corrected chi connectivity index (χ0v) is 59.1. The molecule has 90 heavy (non-hydrogen) atoms. The fourth-order valence-corrected chi connectivity index (χ4v) is 13.2. The van der Waals surface area contributed by atoms with Crippen LogP contribution in [0.5, 0.6) is 0 Å². The minimum Gasteiger partial charge on any atom is -0.499 e. The first-order valence-corrected chi connectivity index (χ1v) is 38.1. The molecule has 2 aliphatic heterocycles. The summed E-state index contributed by atoms with van der Waals surface area (Å²) < 4.78 is 55.3. The van der Waals surface area contributed by atoms with Gasteiger partial charge in [0.05, 0.1) is 56.6 Å². The number of rotatable bonds is 19. The molecule has 2 aromatic carbocycles. The number of ketones is 1. The molecule has 29 heteroatoms. The van der Waals surface area contributed by atoms with Crippen LogP contribution in [0, 0.1) is 15.2 Å². The van der Waals surface area contributed by atoms with Crippen molar-refractivity contribution in [2.24, 2.45) is 0 Å². The van der Waals surface area contributed by atoms with Gasteiger partial charge in [-0.25, -0.2) is 37.7 Å². The average Bonchev–Trinajstić information content (AvgIpc) is 1.30. The standard InChI is InChI=1S/C29H31ClFN7O3Si.C27H28ClFIN7O2Si.C5H10O.2H2S/c1-18(39)21-15-35(17-41-13-14-42(2,3)4)27-24(21)28(33-16-32-27)36-11-10-23(36)26-34-37-12-9-22(30)25(37)29(40)38(26)20-7-5-19(31)6-8-20;1-40(2,3)13-12-39-16-34-14-20(30)22-25(34)31-15-32-26(22)35-10-9-21(35)24-33-36-11-8-19(28)23(36)27(38)37(24)18-6-4-17(29)5-7-18;1-4-6-5(2)3;;/h5-9,12,15-16,23H,10-11,13-14,17H2,1-4H3;4-8,11,14-15,21H,9-10,12-13,16H2,1-3H3;2,4H2,1,3H3;2*1H2/t23-;21-;;;/m00.../s1. The summed E-state index contributed by atoms with van der Waals surface area (Å²) >= 11 is 15.0. The zero-order valence-electron chi connectivity index (χ0n) is 51.5. The second kappa shape index (κ2) is 29.0. The third kappa shape index (κ3) is 14.9.